The average Bonchev–Trinajstić information content (AvgIpc) is 2.45. The Morgan fingerprint density at radius 1 is 1.50 bits per heavy atom. The number of nitrogens with two attached hydrogens (primary N) is 1. The number of aromatic amines is 1. The van der Waals surface area contributed by atoms with Crippen LogP contribution in [-0.2, 0) is 7.05 Å². The van der Waals surface area contributed by atoms with Crippen molar-refractivity contribution in [1.29, 1.82) is 0 Å². The predicted octanol–water partition coefficient (Wildman–Crippen LogP) is -0.720. The molecule has 0 radical (unpaired) electrons. The zero-order valence-electron chi connectivity index (χ0n) is 7.83. The fraction of sp³-hybridized carbons (Fsp3) is 0.286. The van der Waals surface area contributed by atoms with Crippen LogP contribution in [0.15, 0.2) is 4.79 Å². The van der Waals surface area contributed by atoms with Gasteiger partial charge in [0.15, 0.2) is 11.2 Å². The van der Waals surface area contributed by atoms with Crippen LogP contribution in [-0.4, -0.2) is 26.6 Å². The summed E-state index contributed by atoms with van der Waals surface area (Å²) in [5.74, 6) is 0.664. The first-order valence-corrected chi connectivity index (χ1v) is 4.03. The lowest BCUT2D eigenvalue weighted by atomic mass is 10.5. The van der Waals surface area contributed by atoms with E-state index < -0.39 is 0 Å². The number of rotatable bonds is 1. The van der Waals surface area contributed by atoms with E-state index in [0.29, 0.717) is 11.6 Å². The Balaban J connectivity index is 2.91. The van der Waals surface area contributed by atoms with E-state index in [9.17, 15) is 4.79 Å². The summed E-state index contributed by atoms with van der Waals surface area (Å²) in [4.78, 5) is 22.0. The minimum Gasteiger partial charge on any atom is -0.369 e. The smallest absolute Gasteiger partial charge is 0.280 e. The molecule has 0 aliphatic rings. The van der Waals surface area contributed by atoms with Crippen LogP contribution >= 0.6 is 0 Å². The van der Waals surface area contributed by atoms with Crippen LogP contribution in [0.25, 0.3) is 11.2 Å². The highest BCUT2D eigenvalue weighted by atomic mass is 16.1. The van der Waals surface area contributed by atoms with Crippen molar-refractivity contribution in [2.45, 2.75) is 0 Å². The molecule has 0 saturated carbocycles. The summed E-state index contributed by atoms with van der Waals surface area (Å²) in [5.41, 5.74) is 5.97. The molecule has 0 aromatic carbocycles. The first-order valence-electron chi connectivity index (χ1n) is 4.03. The Hall–Kier alpha value is -2.05. The van der Waals surface area contributed by atoms with Gasteiger partial charge in [0.1, 0.15) is 0 Å². The summed E-state index contributed by atoms with van der Waals surface area (Å²) < 4.78 is 1.56. The molecule has 7 nitrogen and oxygen atoms in total. The maximum Gasteiger partial charge on any atom is 0.280 e. The molecule has 0 fully saturated rings. The van der Waals surface area contributed by atoms with E-state index in [1.165, 1.54) is 0 Å². The molecule has 4 N–H and O–H groups in total. The molecule has 0 spiro atoms. The summed E-state index contributed by atoms with van der Waals surface area (Å²) in [5, 5.41) is 2.75. The molecular weight excluding hydrogens is 184 g/mol. The monoisotopic (exact) mass is 194 g/mol. The lowest BCUT2D eigenvalue weighted by Crippen LogP contribution is -2.11. The van der Waals surface area contributed by atoms with Crippen molar-refractivity contribution < 1.29 is 0 Å². The Labute approximate surface area is 79.0 Å². The molecular formula is C7H10N6O. The highest BCUT2D eigenvalue weighted by Crippen LogP contribution is 2.10. The van der Waals surface area contributed by atoms with Crippen LogP contribution in [0.2, 0.25) is 0 Å². The third kappa shape index (κ3) is 1.02. The van der Waals surface area contributed by atoms with Gasteiger partial charge in [-0.3, -0.25) is 14.3 Å². The maximum atomic E-state index is 11.5. The molecule has 14 heavy (non-hydrogen) atoms. The van der Waals surface area contributed by atoms with Crippen LogP contribution < -0.4 is 16.6 Å². The van der Waals surface area contributed by atoms with E-state index in [0.717, 1.165) is 0 Å². The molecule has 74 valence electrons. The minimum absolute atomic E-state index is 0.254. The van der Waals surface area contributed by atoms with Crippen LogP contribution in [0.4, 0.5) is 11.9 Å². The predicted molar refractivity (Wildman–Crippen MR) is 53.1 cm³/mol. The van der Waals surface area contributed by atoms with Gasteiger partial charge in [-0.2, -0.15) is 4.98 Å². The summed E-state index contributed by atoms with van der Waals surface area (Å²) >= 11 is 0. The molecule has 2 heterocycles. The van der Waals surface area contributed by atoms with Gasteiger partial charge in [-0.15, -0.1) is 0 Å². The summed E-state index contributed by atoms with van der Waals surface area (Å²) in [6.45, 7) is 0. The molecule has 0 bridgehead atoms. The molecule has 0 saturated heterocycles. The molecule has 0 aliphatic carbocycles. The fourth-order valence-electron chi connectivity index (χ4n) is 1.21. The van der Waals surface area contributed by atoms with Crippen molar-refractivity contribution in [2.24, 2.45) is 7.05 Å². The van der Waals surface area contributed by atoms with Crippen molar-refractivity contribution in [3.8, 4) is 0 Å². The maximum absolute atomic E-state index is 11.5. The number of imidazole rings is 1. The number of nitrogen functional groups attached to an aromatic ring is 1. The summed E-state index contributed by atoms with van der Waals surface area (Å²) in [6, 6.07) is 0. The second-order valence-corrected chi connectivity index (χ2v) is 2.87. The van der Waals surface area contributed by atoms with Crippen molar-refractivity contribution in [3.63, 3.8) is 0 Å². The van der Waals surface area contributed by atoms with Crippen LogP contribution in [0.1, 0.15) is 0 Å². The molecule has 2 rings (SSSR count). The highest BCUT2D eigenvalue weighted by Gasteiger charge is 2.10. The zero-order chi connectivity index (χ0) is 10.3. The first-order chi connectivity index (χ1) is 6.63. The number of aryl methyl sites for hydroxylation is 1. The van der Waals surface area contributed by atoms with Crippen LogP contribution in [0.5, 0.6) is 0 Å². The molecule has 0 aliphatic heterocycles. The van der Waals surface area contributed by atoms with Gasteiger partial charge in [-0.05, 0) is 0 Å². The van der Waals surface area contributed by atoms with E-state index in [2.05, 4.69) is 20.3 Å². The number of hydrogen-bond acceptors (Lipinski definition) is 5. The van der Waals surface area contributed by atoms with Gasteiger partial charge in [0.05, 0.1) is 0 Å². The number of H-pyrrole nitrogens is 1. The second kappa shape index (κ2) is 2.72. The van der Waals surface area contributed by atoms with E-state index in [1.807, 2.05) is 0 Å². The number of nitrogens with one attached hydrogen (secondary N) is 2. The Morgan fingerprint density at radius 3 is 2.86 bits per heavy atom. The van der Waals surface area contributed by atoms with E-state index in [-0.39, 0.29) is 17.0 Å². The van der Waals surface area contributed by atoms with Gasteiger partial charge in [-0.1, -0.05) is 0 Å². The number of anilines is 2. The van der Waals surface area contributed by atoms with E-state index in [4.69, 9.17) is 5.73 Å². The molecule has 0 amide bonds. The van der Waals surface area contributed by atoms with Crippen molar-refractivity contribution in [3.05, 3.63) is 10.4 Å². The van der Waals surface area contributed by atoms with E-state index >= 15 is 0 Å². The largest absolute Gasteiger partial charge is 0.369 e. The number of hydrogen-bond donors (Lipinski definition) is 3. The van der Waals surface area contributed by atoms with Gasteiger partial charge in [0.2, 0.25) is 11.9 Å². The second-order valence-electron chi connectivity index (χ2n) is 2.87. The molecule has 2 aromatic rings. The van der Waals surface area contributed by atoms with Crippen molar-refractivity contribution in [2.75, 3.05) is 18.1 Å². The molecule has 7 heteroatoms. The minimum atomic E-state index is -0.299. The Morgan fingerprint density at radius 2 is 2.21 bits per heavy atom. The summed E-state index contributed by atoms with van der Waals surface area (Å²) in [6.07, 6.45) is 0. The van der Waals surface area contributed by atoms with Gasteiger partial charge >= 0.3 is 0 Å². The van der Waals surface area contributed by atoms with Gasteiger partial charge < -0.3 is 11.1 Å². The molecule has 0 unspecified atom stereocenters. The van der Waals surface area contributed by atoms with Gasteiger partial charge in [-0.25, -0.2) is 4.98 Å². The topological polar surface area (TPSA) is 102 Å². The fourth-order valence-corrected chi connectivity index (χ4v) is 1.21. The third-order valence-electron chi connectivity index (χ3n) is 2.00. The number of aromatic nitrogens is 4. The average molecular weight is 194 g/mol. The van der Waals surface area contributed by atoms with Gasteiger partial charge in [0.25, 0.3) is 5.56 Å². The van der Waals surface area contributed by atoms with Crippen molar-refractivity contribution in [1.82, 2.24) is 19.5 Å². The highest BCUT2D eigenvalue weighted by molar-refractivity contribution is 5.73. The lowest BCUT2D eigenvalue weighted by Gasteiger charge is -1.98. The molecule has 2 aromatic heterocycles. The van der Waals surface area contributed by atoms with E-state index in [1.54, 1.807) is 18.7 Å². The third-order valence-corrected chi connectivity index (χ3v) is 2.00. The SMILES string of the molecule is CNc1nc2c(nc(N)n2C)c(=O)[nH]1. The van der Waals surface area contributed by atoms with Crippen LogP contribution in [0.3, 0.4) is 0 Å². The Bertz CT molecular complexity index is 539. The Kier molecular flexibility index (Phi) is 1.66. The molecule has 0 atom stereocenters. The normalized spacial score (nSPS) is 10.7. The van der Waals surface area contributed by atoms with Crippen LogP contribution in [0, 0.1) is 0 Å². The lowest BCUT2D eigenvalue weighted by molar-refractivity contribution is 0.943. The first kappa shape index (κ1) is 8.54. The summed E-state index contributed by atoms with van der Waals surface area (Å²) in [7, 11) is 3.38. The standard InChI is InChI=1S/C7H10N6O/c1-9-7-11-4-3(5(14)12-7)10-6(8)13(4)2/h1-2H3,(H2,8,10)(H2,9,11,12,14). The quantitative estimate of drug-likeness (QED) is 0.556. The zero-order valence-corrected chi connectivity index (χ0v) is 7.83. The number of nitrogens with zero attached hydrogens (tertiary/aromatic N) is 3. The number of fused-ring (bicyclic) bond motifs is 1. The van der Waals surface area contributed by atoms with Crippen molar-refractivity contribution >= 4 is 23.1 Å². The van der Waals surface area contributed by atoms with Gasteiger partial charge in [0, 0.05) is 14.1 Å².